The number of aromatic carboxylic acids is 4. The van der Waals surface area contributed by atoms with E-state index in [2.05, 4.69) is 0 Å². The van der Waals surface area contributed by atoms with E-state index < -0.39 is 80.3 Å². The van der Waals surface area contributed by atoms with Gasteiger partial charge in [-0.25, -0.2) is 19.2 Å². The van der Waals surface area contributed by atoms with Crippen molar-refractivity contribution in [2.24, 2.45) is 0 Å². The van der Waals surface area contributed by atoms with E-state index in [-0.39, 0.29) is 0 Å². The molecule has 8 nitrogen and oxygen atoms in total. The van der Waals surface area contributed by atoms with Gasteiger partial charge in [0.15, 0.2) is 0 Å². The van der Waals surface area contributed by atoms with Gasteiger partial charge in [-0.15, -0.1) is 0 Å². The van der Waals surface area contributed by atoms with Crippen molar-refractivity contribution in [2.45, 2.75) is 17.5 Å². The minimum atomic E-state index is -6.33. The molecule has 0 atom stereocenters. The average molecular weight is 538 g/mol. The second-order valence-electron chi connectivity index (χ2n) is 7.93. The van der Waals surface area contributed by atoms with Crippen molar-refractivity contribution in [3.05, 3.63) is 106 Å². The molecule has 0 aliphatic carbocycles. The molecular weight excluding hydrogens is 523 g/mol. The van der Waals surface area contributed by atoms with Crippen LogP contribution in [0.15, 0.2) is 66.7 Å². The number of carboxylic acid groups (broad SMARTS) is 4. The summed E-state index contributed by atoms with van der Waals surface area (Å²) in [6, 6.07) is 8.08. The maximum atomic E-state index is 15.8. The molecule has 0 saturated heterocycles. The lowest BCUT2D eigenvalue weighted by Crippen LogP contribution is -2.56. The van der Waals surface area contributed by atoms with Gasteiger partial charge in [-0.1, -0.05) is 42.5 Å². The second-order valence-corrected chi connectivity index (χ2v) is 7.93. The summed E-state index contributed by atoms with van der Waals surface area (Å²) in [5, 5.41) is 37.6. The Kier molecular flexibility index (Phi) is 7.00. The zero-order valence-corrected chi connectivity index (χ0v) is 18.7. The van der Waals surface area contributed by atoms with Gasteiger partial charge in [0.05, 0.1) is 22.3 Å². The minimum Gasteiger partial charge on any atom is -0.478 e. The van der Waals surface area contributed by atoms with E-state index in [0.717, 1.165) is 24.3 Å². The Morgan fingerprint density at radius 1 is 0.500 bits per heavy atom. The fraction of sp³-hybridized carbons (Fsp3) is 0.120. The second kappa shape index (κ2) is 9.57. The van der Waals surface area contributed by atoms with Gasteiger partial charge in [-0.3, -0.25) is 0 Å². The highest BCUT2D eigenvalue weighted by Crippen LogP contribution is 2.57. The number of carboxylic acids is 4. The van der Waals surface area contributed by atoms with Crippen molar-refractivity contribution < 1.29 is 61.6 Å². The number of hydrogen-bond donors (Lipinski definition) is 4. The molecule has 3 aromatic carbocycles. The fourth-order valence-corrected chi connectivity index (χ4v) is 4.23. The Bertz CT molecular complexity index is 1370. The van der Waals surface area contributed by atoms with Gasteiger partial charge in [0, 0.05) is 0 Å². The number of halogens is 5. The third kappa shape index (κ3) is 4.31. The lowest BCUT2D eigenvalue weighted by atomic mass is 9.64. The van der Waals surface area contributed by atoms with Gasteiger partial charge < -0.3 is 20.4 Å². The molecule has 0 amide bonds. The van der Waals surface area contributed by atoms with Crippen molar-refractivity contribution in [3.8, 4) is 0 Å². The summed E-state index contributed by atoms with van der Waals surface area (Å²) in [7, 11) is 0. The molecular formula is C25H15F5O8. The molecule has 13 heteroatoms. The summed E-state index contributed by atoms with van der Waals surface area (Å²) < 4.78 is 74.1. The molecule has 0 spiro atoms. The van der Waals surface area contributed by atoms with Gasteiger partial charge in [0.2, 0.25) is 0 Å². The van der Waals surface area contributed by atoms with Crippen LogP contribution in [0.4, 0.5) is 22.0 Å². The van der Waals surface area contributed by atoms with Gasteiger partial charge in [0.25, 0.3) is 0 Å². The van der Waals surface area contributed by atoms with Crippen molar-refractivity contribution in [1.82, 2.24) is 0 Å². The first-order valence-electron chi connectivity index (χ1n) is 10.3. The fourth-order valence-electron chi connectivity index (χ4n) is 4.23. The van der Waals surface area contributed by atoms with E-state index in [1.807, 2.05) is 0 Å². The molecule has 4 N–H and O–H groups in total. The van der Waals surface area contributed by atoms with Crippen molar-refractivity contribution in [2.75, 3.05) is 0 Å². The highest BCUT2D eigenvalue weighted by Gasteiger charge is 2.72. The molecule has 38 heavy (non-hydrogen) atoms. The van der Waals surface area contributed by atoms with Crippen LogP contribution in [0.2, 0.25) is 0 Å². The van der Waals surface area contributed by atoms with Crippen LogP contribution in [-0.2, 0) is 5.41 Å². The van der Waals surface area contributed by atoms with Gasteiger partial charge >= 0.3 is 36.0 Å². The highest BCUT2D eigenvalue weighted by atomic mass is 19.4. The van der Waals surface area contributed by atoms with E-state index >= 15 is 8.78 Å². The summed E-state index contributed by atoms with van der Waals surface area (Å²) in [6.45, 7) is 0. The van der Waals surface area contributed by atoms with Gasteiger partial charge in [-0.2, -0.15) is 22.0 Å². The third-order valence-electron chi connectivity index (χ3n) is 5.86. The Morgan fingerprint density at radius 3 is 1.18 bits per heavy atom. The SMILES string of the molecule is O=C(O)c1ccc(C(c2ccccc2)(c2ccc(C(=O)O)c(C(=O)O)c2)C(F)(F)C(F)(F)F)cc1C(=O)O. The monoisotopic (exact) mass is 538 g/mol. The van der Waals surface area contributed by atoms with E-state index in [0.29, 0.717) is 36.4 Å². The van der Waals surface area contributed by atoms with E-state index in [9.17, 15) is 52.8 Å². The third-order valence-corrected chi connectivity index (χ3v) is 5.86. The van der Waals surface area contributed by atoms with Gasteiger partial charge in [0.1, 0.15) is 5.41 Å². The number of benzene rings is 3. The maximum Gasteiger partial charge on any atom is 0.454 e. The molecule has 0 aliphatic heterocycles. The number of carbonyl (C=O) groups is 4. The standard InChI is InChI=1S/C25H15F5O8/c26-24(27,25(28,29)30)23(12-4-2-1-3-5-12,13-6-8-15(19(31)32)17(10-13)21(35)36)14-7-9-16(20(33)34)18(11-14)22(37)38/h1-11H,(H,31,32)(H,33,34)(H,35,36)(H,37,38). The Balaban J connectivity index is 2.65. The molecule has 0 aromatic heterocycles. The first-order valence-corrected chi connectivity index (χ1v) is 10.3. The molecule has 0 unspecified atom stereocenters. The predicted octanol–water partition coefficient (Wildman–Crippen LogP) is 5.01. The van der Waals surface area contributed by atoms with Crippen LogP contribution >= 0.6 is 0 Å². The highest BCUT2D eigenvalue weighted by molar-refractivity contribution is 6.03. The Labute approximate surface area is 209 Å². The Morgan fingerprint density at radius 2 is 0.868 bits per heavy atom. The molecule has 3 aromatic rings. The summed E-state index contributed by atoms with van der Waals surface area (Å²) >= 11 is 0. The van der Waals surface area contributed by atoms with Crippen LogP contribution in [0.1, 0.15) is 58.1 Å². The molecule has 0 radical (unpaired) electrons. The summed E-state index contributed by atoms with van der Waals surface area (Å²) in [4.78, 5) is 46.5. The zero-order chi connectivity index (χ0) is 28.6. The van der Waals surface area contributed by atoms with E-state index in [1.165, 1.54) is 6.07 Å². The van der Waals surface area contributed by atoms with Crippen molar-refractivity contribution >= 4 is 23.9 Å². The molecule has 198 valence electrons. The zero-order valence-electron chi connectivity index (χ0n) is 18.7. The van der Waals surface area contributed by atoms with Crippen LogP contribution in [0.25, 0.3) is 0 Å². The topological polar surface area (TPSA) is 149 Å². The minimum absolute atomic E-state index is 0.337. The lowest BCUT2D eigenvalue weighted by Gasteiger charge is -2.43. The molecule has 3 rings (SSSR count). The first kappa shape index (κ1) is 27.8. The number of hydrogen-bond acceptors (Lipinski definition) is 4. The average Bonchev–Trinajstić information content (AvgIpc) is 2.83. The van der Waals surface area contributed by atoms with Crippen LogP contribution in [0.3, 0.4) is 0 Å². The molecule has 0 fully saturated rings. The maximum absolute atomic E-state index is 15.8. The molecule has 0 bridgehead atoms. The quantitative estimate of drug-likeness (QED) is 0.231. The lowest BCUT2D eigenvalue weighted by molar-refractivity contribution is -0.299. The smallest absolute Gasteiger partial charge is 0.454 e. The van der Waals surface area contributed by atoms with Crippen LogP contribution in [0.5, 0.6) is 0 Å². The predicted molar refractivity (Wildman–Crippen MR) is 118 cm³/mol. The van der Waals surface area contributed by atoms with Gasteiger partial charge in [-0.05, 0) is 41.0 Å². The summed E-state index contributed by atoms with van der Waals surface area (Å²) in [5.74, 6) is -13.3. The molecule has 0 aliphatic rings. The van der Waals surface area contributed by atoms with Crippen LogP contribution < -0.4 is 0 Å². The normalized spacial score (nSPS) is 12.1. The largest absolute Gasteiger partial charge is 0.478 e. The first-order chi connectivity index (χ1) is 17.6. The number of rotatable bonds is 8. The Hall–Kier alpha value is -4.81. The van der Waals surface area contributed by atoms with E-state index in [1.54, 1.807) is 0 Å². The molecule has 0 heterocycles. The van der Waals surface area contributed by atoms with Crippen molar-refractivity contribution in [3.63, 3.8) is 0 Å². The van der Waals surface area contributed by atoms with Crippen molar-refractivity contribution in [1.29, 1.82) is 0 Å². The number of alkyl halides is 5. The van der Waals surface area contributed by atoms with Crippen LogP contribution in [0, 0.1) is 0 Å². The summed E-state index contributed by atoms with van der Waals surface area (Å²) in [6.07, 6.45) is -6.33. The van der Waals surface area contributed by atoms with E-state index in [4.69, 9.17) is 0 Å². The molecule has 0 saturated carbocycles. The summed E-state index contributed by atoms with van der Waals surface area (Å²) in [5.41, 5.74) is -10.6. The van der Waals surface area contributed by atoms with Crippen LogP contribution in [-0.4, -0.2) is 56.4 Å².